The normalized spacial score (nSPS) is 19.8. The van der Waals surface area contributed by atoms with E-state index in [0.717, 1.165) is 19.1 Å². The van der Waals surface area contributed by atoms with Crippen molar-refractivity contribution in [3.8, 4) is 0 Å². The summed E-state index contributed by atoms with van der Waals surface area (Å²) in [6.45, 7) is 5.16. The minimum absolute atomic E-state index is 0.378. The van der Waals surface area contributed by atoms with E-state index in [9.17, 15) is 0 Å². The van der Waals surface area contributed by atoms with Crippen LogP contribution >= 0.6 is 0 Å². The molecule has 0 radical (unpaired) electrons. The lowest BCUT2D eigenvalue weighted by atomic mass is 9.98. The Morgan fingerprint density at radius 2 is 2.00 bits per heavy atom. The molecule has 1 heterocycles. The van der Waals surface area contributed by atoms with Crippen molar-refractivity contribution in [2.45, 2.75) is 31.8 Å². The van der Waals surface area contributed by atoms with E-state index in [0.29, 0.717) is 12.6 Å². The van der Waals surface area contributed by atoms with E-state index < -0.39 is 0 Å². The van der Waals surface area contributed by atoms with Gasteiger partial charge in [-0.05, 0) is 39.4 Å². The highest BCUT2D eigenvalue weighted by atomic mass is 15.2. The van der Waals surface area contributed by atoms with Crippen molar-refractivity contribution in [1.82, 2.24) is 9.80 Å². The van der Waals surface area contributed by atoms with Crippen molar-refractivity contribution in [2.75, 3.05) is 33.7 Å². The van der Waals surface area contributed by atoms with Gasteiger partial charge in [0, 0.05) is 31.7 Å². The molecule has 1 saturated heterocycles. The Morgan fingerprint density at radius 1 is 1.32 bits per heavy atom. The zero-order valence-corrected chi connectivity index (χ0v) is 12.5. The van der Waals surface area contributed by atoms with Gasteiger partial charge in [0.2, 0.25) is 0 Å². The summed E-state index contributed by atoms with van der Waals surface area (Å²) < 4.78 is 0. The molecule has 0 spiro atoms. The number of benzene rings is 1. The summed E-state index contributed by atoms with van der Waals surface area (Å²) in [5.74, 6) is 0. The molecule has 19 heavy (non-hydrogen) atoms. The molecule has 1 aliphatic heterocycles. The van der Waals surface area contributed by atoms with E-state index >= 15 is 0 Å². The minimum atomic E-state index is 0.378. The third kappa shape index (κ3) is 3.56. The quantitative estimate of drug-likeness (QED) is 0.900. The van der Waals surface area contributed by atoms with Gasteiger partial charge in [0.15, 0.2) is 0 Å². The Kier molecular flexibility index (Phi) is 4.97. The summed E-state index contributed by atoms with van der Waals surface area (Å²) in [4.78, 5) is 4.90. The maximum atomic E-state index is 6.03. The van der Waals surface area contributed by atoms with Crippen LogP contribution in [0.25, 0.3) is 0 Å². The van der Waals surface area contributed by atoms with Crippen LogP contribution in [0.4, 0.5) is 0 Å². The van der Waals surface area contributed by atoms with Crippen LogP contribution in [-0.2, 0) is 0 Å². The van der Waals surface area contributed by atoms with Gasteiger partial charge in [0.05, 0.1) is 0 Å². The van der Waals surface area contributed by atoms with Gasteiger partial charge < -0.3 is 10.6 Å². The van der Waals surface area contributed by atoms with Crippen molar-refractivity contribution < 1.29 is 0 Å². The fourth-order valence-corrected chi connectivity index (χ4v) is 3.09. The van der Waals surface area contributed by atoms with Crippen LogP contribution in [0, 0.1) is 6.92 Å². The summed E-state index contributed by atoms with van der Waals surface area (Å²) in [6, 6.07) is 9.88. The van der Waals surface area contributed by atoms with E-state index in [1.807, 2.05) is 0 Å². The van der Waals surface area contributed by atoms with Crippen LogP contribution in [-0.4, -0.2) is 49.6 Å². The number of hydrogen-bond donors (Lipinski definition) is 1. The van der Waals surface area contributed by atoms with Gasteiger partial charge in [-0.25, -0.2) is 0 Å². The maximum Gasteiger partial charge on any atom is 0.0470 e. The summed E-state index contributed by atoms with van der Waals surface area (Å²) in [5, 5.41) is 0. The standard InChI is InChI=1S/C16H27N3/c1-13-5-4-6-14(11-13)16(12-17)19-9-7-15(8-10-19)18(2)3/h4-6,11,15-16H,7-10,12,17H2,1-3H3. The molecule has 0 bridgehead atoms. The number of nitrogens with zero attached hydrogens (tertiary/aromatic N) is 2. The van der Waals surface area contributed by atoms with E-state index in [1.165, 1.54) is 24.0 Å². The summed E-state index contributed by atoms with van der Waals surface area (Å²) in [6.07, 6.45) is 2.49. The van der Waals surface area contributed by atoms with Crippen molar-refractivity contribution in [3.05, 3.63) is 35.4 Å². The fourth-order valence-electron chi connectivity index (χ4n) is 3.09. The third-order valence-electron chi connectivity index (χ3n) is 4.32. The monoisotopic (exact) mass is 261 g/mol. The molecular formula is C16H27N3. The molecule has 2 rings (SSSR count). The Bertz CT molecular complexity index is 395. The lowest BCUT2D eigenvalue weighted by Gasteiger charge is -2.39. The van der Waals surface area contributed by atoms with Crippen LogP contribution in [0.1, 0.15) is 30.0 Å². The Labute approximate surface area is 117 Å². The minimum Gasteiger partial charge on any atom is -0.329 e. The zero-order chi connectivity index (χ0) is 13.8. The van der Waals surface area contributed by atoms with Crippen LogP contribution in [0.5, 0.6) is 0 Å². The third-order valence-corrected chi connectivity index (χ3v) is 4.32. The average Bonchev–Trinajstić information content (AvgIpc) is 2.40. The average molecular weight is 261 g/mol. The Hall–Kier alpha value is -0.900. The number of hydrogen-bond acceptors (Lipinski definition) is 3. The van der Waals surface area contributed by atoms with Gasteiger partial charge in [0.1, 0.15) is 0 Å². The van der Waals surface area contributed by atoms with Crippen molar-refractivity contribution in [2.24, 2.45) is 5.73 Å². The van der Waals surface area contributed by atoms with E-state index in [-0.39, 0.29) is 0 Å². The summed E-state index contributed by atoms with van der Waals surface area (Å²) >= 11 is 0. The maximum absolute atomic E-state index is 6.03. The molecule has 0 aliphatic carbocycles. The van der Waals surface area contributed by atoms with Gasteiger partial charge >= 0.3 is 0 Å². The number of rotatable bonds is 4. The lowest BCUT2D eigenvalue weighted by Crippen LogP contribution is -2.45. The first kappa shape index (κ1) is 14.5. The summed E-state index contributed by atoms with van der Waals surface area (Å²) in [5.41, 5.74) is 8.71. The molecule has 0 amide bonds. The van der Waals surface area contributed by atoms with E-state index in [2.05, 4.69) is 55.1 Å². The molecular weight excluding hydrogens is 234 g/mol. The topological polar surface area (TPSA) is 32.5 Å². The second-order valence-corrected chi connectivity index (χ2v) is 5.90. The summed E-state index contributed by atoms with van der Waals surface area (Å²) in [7, 11) is 4.36. The van der Waals surface area contributed by atoms with Gasteiger partial charge in [0.25, 0.3) is 0 Å². The van der Waals surface area contributed by atoms with Gasteiger partial charge in [-0.3, -0.25) is 4.90 Å². The van der Waals surface area contributed by atoms with Crippen molar-refractivity contribution >= 4 is 0 Å². The lowest BCUT2D eigenvalue weighted by molar-refractivity contribution is 0.111. The molecule has 1 aliphatic rings. The molecule has 106 valence electrons. The first-order valence-corrected chi connectivity index (χ1v) is 7.29. The van der Waals surface area contributed by atoms with Crippen molar-refractivity contribution in [1.29, 1.82) is 0 Å². The number of likely N-dealkylation sites (tertiary alicyclic amines) is 1. The SMILES string of the molecule is Cc1cccc(C(CN)N2CCC(N(C)C)CC2)c1. The largest absolute Gasteiger partial charge is 0.329 e. The Balaban J connectivity index is 2.03. The second-order valence-electron chi connectivity index (χ2n) is 5.90. The number of nitrogens with two attached hydrogens (primary N) is 1. The first-order valence-electron chi connectivity index (χ1n) is 7.29. The van der Waals surface area contributed by atoms with Crippen molar-refractivity contribution in [3.63, 3.8) is 0 Å². The molecule has 1 aromatic carbocycles. The molecule has 1 atom stereocenters. The molecule has 1 aromatic rings. The molecule has 3 heteroatoms. The molecule has 0 saturated carbocycles. The van der Waals surface area contributed by atoms with E-state index in [1.54, 1.807) is 0 Å². The smallest absolute Gasteiger partial charge is 0.0470 e. The predicted molar refractivity (Wildman–Crippen MR) is 81.3 cm³/mol. The zero-order valence-electron chi connectivity index (χ0n) is 12.5. The van der Waals surface area contributed by atoms with Gasteiger partial charge in [-0.15, -0.1) is 0 Å². The highest BCUT2D eigenvalue weighted by Gasteiger charge is 2.26. The van der Waals surface area contributed by atoms with Gasteiger partial charge in [-0.1, -0.05) is 29.8 Å². The van der Waals surface area contributed by atoms with Crippen LogP contribution in [0.15, 0.2) is 24.3 Å². The molecule has 1 fully saturated rings. The molecule has 1 unspecified atom stereocenters. The fraction of sp³-hybridized carbons (Fsp3) is 0.625. The van der Waals surface area contributed by atoms with E-state index in [4.69, 9.17) is 5.73 Å². The first-order chi connectivity index (χ1) is 9.11. The van der Waals surface area contributed by atoms with Crippen LogP contribution in [0.3, 0.4) is 0 Å². The number of piperidine rings is 1. The highest BCUT2D eigenvalue weighted by molar-refractivity contribution is 5.25. The second kappa shape index (κ2) is 6.51. The van der Waals surface area contributed by atoms with Crippen LogP contribution < -0.4 is 5.73 Å². The molecule has 0 aromatic heterocycles. The van der Waals surface area contributed by atoms with Crippen LogP contribution in [0.2, 0.25) is 0 Å². The molecule has 2 N–H and O–H groups in total. The Morgan fingerprint density at radius 3 is 2.53 bits per heavy atom. The molecule has 3 nitrogen and oxygen atoms in total. The highest BCUT2D eigenvalue weighted by Crippen LogP contribution is 2.25. The predicted octanol–water partition coefficient (Wildman–Crippen LogP) is 2.02. The number of aryl methyl sites for hydroxylation is 1. The van der Waals surface area contributed by atoms with Gasteiger partial charge in [-0.2, -0.15) is 0 Å².